The molecule has 1 aromatic carbocycles. The lowest BCUT2D eigenvalue weighted by Gasteiger charge is -2.11. The van der Waals surface area contributed by atoms with Gasteiger partial charge in [0, 0.05) is 11.0 Å². The second-order valence-corrected chi connectivity index (χ2v) is 6.51. The summed E-state index contributed by atoms with van der Waals surface area (Å²) in [5.74, 6) is 0. The number of aromatic nitrogens is 2. The SMILES string of the molecule is CCn1c(=O)c2sccc2n(Cc2cccc(Br)c2)c1=O. The van der Waals surface area contributed by atoms with Crippen molar-refractivity contribution in [1.82, 2.24) is 9.13 Å². The summed E-state index contributed by atoms with van der Waals surface area (Å²) in [5.41, 5.74) is 1.27. The van der Waals surface area contributed by atoms with Crippen LogP contribution in [0, 0.1) is 0 Å². The van der Waals surface area contributed by atoms with Crippen LogP contribution in [0.1, 0.15) is 12.5 Å². The molecule has 3 rings (SSSR count). The Morgan fingerprint density at radius 3 is 2.71 bits per heavy atom. The van der Waals surface area contributed by atoms with Gasteiger partial charge in [0.05, 0.1) is 12.1 Å². The lowest BCUT2D eigenvalue weighted by Crippen LogP contribution is -2.39. The van der Waals surface area contributed by atoms with Crippen molar-refractivity contribution in [2.24, 2.45) is 0 Å². The number of rotatable bonds is 3. The number of hydrogen-bond acceptors (Lipinski definition) is 3. The maximum atomic E-state index is 12.5. The lowest BCUT2D eigenvalue weighted by molar-refractivity contribution is 0.620. The molecule has 0 amide bonds. The summed E-state index contributed by atoms with van der Waals surface area (Å²) in [4.78, 5) is 24.8. The van der Waals surface area contributed by atoms with Crippen LogP contribution in [0.5, 0.6) is 0 Å². The third-order valence-electron chi connectivity index (χ3n) is 3.38. The van der Waals surface area contributed by atoms with Gasteiger partial charge in [-0.1, -0.05) is 28.1 Å². The summed E-state index contributed by atoms with van der Waals surface area (Å²) in [6.45, 7) is 2.64. The molecule has 6 heteroatoms. The smallest absolute Gasteiger partial charge is 0.288 e. The molecule has 0 spiro atoms. The molecule has 0 aliphatic carbocycles. The molecule has 0 atom stereocenters. The minimum absolute atomic E-state index is 0.196. The molecule has 0 radical (unpaired) electrons. The van der Waals surface area contributed by atoms with Gasteiger partial charge in [-0.05, 0) is 36.1 Å². The van der Waals surface area contributed by atoms with Crippen LogP contribution in [0.2, 0.25) is 0 Å². The maximum Gasteiger partial charge on any atom is 0.331 e. The van der Waals surface area contributed by atoms with Crippen LogP contribution in [0.15, 0.2) is 49.8 Å². The number of hydrogen-bond donors (Lipinski definition) is 0. The number of fused-ring (bicyclic) bond motifs is 1. The fourth-order valence-electron chi connectivity index (χ4n) is 2.38. The van der Waals surface area contributed by atoms with Gasteiger partial charge in [-0.3, -0.25) is 13.9 Å². The Bertz CT molecular complexity index is 923. The van der Waals surface area contributed by atoms with Crippen LogP contribution >= 0.6 is 27.3 Å². The molecule has 21 heavy (non-hydrogen) atoms. The van der Waals surface area contributed by atoms with Gasteiger partial charge >= 0.3 is 5.69 Å². The monoisotopic (exact) mass is 364 g/mol. The van der Waals surface area contributed by atoms with Gasteiger partial charge in [-0.15, -0.1) is 11.3 Å². The van der Waals surface area contributed by atoms with E-state index in [-0.39, 0.29) is 11.2 Å². The van der Waals surface area contributed by atoms with E-state index in [1.165, 1.54) is 15.9 Å². The number of halogens is 1. The topological polar surface area (TPSA) is 44.0 Å². The summed E-state index contributed by atoms with van der Waals surface area (Å²) in [6.07, 6.45) is 0. The Morgan fingerprint density at radius 1 is 1.19 bits per heavy atom. The van der Waals surface area contributed by atoms with E-state index in [0.717, 1.165) is 10.0 Å². The fraction of sp³-hybridized carbons (Fsp3) is 0.200. The zero-order valence-electron chi connectivity index (χ0n) is 11.4. The molecule has 3 aromatic rings. The predicted molar refractivity (Wildman–Crippen MR) is 89.3 cm³/mol. The van der Waals surface area contributed by atoms with Gasteiger partial charge in [0.1, 0.15) is 4.70 Å². The van der Waals surface area contributed by atoms with Crippen molar-refractivity contribution in [2.75, 3.05) is 0 Å². The number of thiophene rings is 1. The molecule has 2 aromatic heterocycles. The molecule has 0 saturated heterocycles. The van der Waals surface area contributed by atoms with Crippen molar-refractivity contribution in [3.63, 3.8) is 0 Å². The van der Waals surface area contributed by atoms with Crippen LogP contribution in [0.25, 0.3) is 10.2 Å². The van der Waals surface area contributed by atoms with Gasteiger partial charge in [0.15, 0.2) is 0 Å². The average Bonchev–Trinajstić information content (AvgIpc) is 2.94. The van der Waals surface area contributed by atoms with Crippen LogP contribution in [-0.4, -0.2) is 9.13 Å². The van der Waals surface area contributed by atoms with Crippen LogP contribution in [0.4, 0.5) is 0 Å². The van der Waals surface area contributed by atoms with Gasteiger partial charge in [-0.25, -0.2) is 4.79 Å². The van der Waals surface area contributed by atoms with Gasteiger partial charge in [0.2, 0.25) is 0 Å². The summed E-state index contributed by atoms with van der Waals surface area (Å²) >= 11 is 4.81. The second-order valence-electron chi connectivity index (χ2n) is 4.68. The van der Waals surface area contributed by atoms with Crippen molar-refractivity contribution < 1.29 is 0 Å². The summed E-state index contributed by atoms with van der Waals surface area (Å²) in [5, 5.41) is 1.85. The summed E-state index contributed by atoms with van der Waals surface area (Å²) < 4.78 is 4.56. The molecule has 0 bridgehead atoms. The zero-order chi connectivity index (χ0) is 15.0. The van der Waals surface area contributed by atoms with E-state index < -0.39 is 0 Å². The minimum atomic E-state index is -0.256. The molecular formula is C15H13BrN2O2S. The van der Waals surface area contributed by atoms with E-state index in [4.69, 9.17) is 0 Å². The van der Waals surface area contributed by atoms with Gasteiger partial charge < -0.3 is 0 Å². The van der Waals surface area contributed by atoms with Crippen LogP contribution in [-0.2, 0) is 13.1 Å². The van der Waals surface area contributed by atoms with E-state index in [1.807, 2.05) is 42.6 Å². The Kier molecular flexibility index (Phi) is 3.82. The Labute approximate surface area is 133 Å². The maximum absolute atomic E-state index is 12.5. The molecule has 0 saturated carbocycles. The molecule has 0 aliphatic heterocycles. The highest BCUT2D eigenvalue weighted by molar-refractivity contribution is 9.10. The zero-order valence-corrected chi connectivity index (χ0v) is 13.8. The average molecular weight is 365 g/mol. The van der Waals surface area contributed by atoms with Crippen LogP contribution in [0.3, 0.4) is 0 Å². The standard InChI is InChI=1S/C15H13BrN2O2S/c1-2-17-14(19)13-12(6-7-21-13)18(15(17)20)9-10-4-3-5-11(16)8-10/h3-8H,2,9H2,1H3. The largest absolute Gasteiger partial charge is 0.331 e. The predicted octanol–water partition coefficient (Wildman–Crippen LogP) is 3.06. The van der Waals surface area contributed by atoms with Gasteiger partial charge in [0.25, 0.3) is 5.56 Å². The van der Waals surface area contributed by atoms with E-state index in [0.29, 0.717) is 23.3 Å². The van der Waals surface area contributed by atoms with E-state index >= 15 is 0 Å². The van der Waals surface area contributed by atoms with Crippen molar-refractivity contribution in [2.45, 2.75) is 20.0 Å². The van der Waals surface area contributed by atoms with Gasteiger partial charge in [-0.2, -0.15) is 0 Å². The molecular weight excluding hydrogens is 352 g/mol. The molecule has 0 aliphatic rings. The normalized spacial score (nSPS) is 11.1. The second kappa shape index (κ2) is 5.61. The number of benzene rings is 1. The Morgan fingerprint density at radius 2 is 2.00 bits per heavy atom. The molecule has 0 unspecified atom stereocenters. The summed E-state index contributed by atoms with van der Waals surface area (Å²) in [7, 11) is 0. The molecule has 2 heterocycles. The molecule has 108 valence electrons. The first-order chi connectivity index (χ1) is 10.1. The first-order valence-electron chi connectivity index (χ1n) is 6.57. The lowest BCUT2D eigenvalue weighted by atomic mass is 10.2. The van der Waals surface area contributed by atoms with Crippen molar-refractivity contribution in [1.29, 1.82) is 0 Å². The molecule has 0 fully saturated rings. The minimum Gasteiger partial charge on any atom is -0.288 e. The quantitative estimate of drug-likeness (QED) is 0.716. The third-order valence-corrected chi connectivity index (χ3v) is 4.77. The van der Waals surface area contributed by atoms with E-state index in [2.05, 4.69) is 15.9 Å². The summed E-state index contributed by atoms with van der Waals surface area (Å²) in [6, 6.07) is 9.66. The highest BCUT2D eigenvalue weighted by Crippen LogP contribution is 2.17. The van der Waals surface area contributed by atoms with Crippen molar-refractivity contribution in [3.8, 4) is 0 Å². The van der Waals surface area contributed by atoms with Crippen LogP contribution < -0.4 is 11.2 Å². The number of nitrogens with zero attached hydrogens (tertiary/aromatic N) is 2. The van der Waals surface area contributed by atoms with E-state index in [9.17, 15) is 9.59 Å². The van der Waals surface area contributed by atoms with E-state index in [1.54, 1.807) is 4.57 Å². The third kappa shape index (κ3) is 2.49. The Balaban J connectivity index is 2.25. The molecule has 0 N–H and O–H groups in total. The highest BCUT2D eigenvalue weighted by Gasteiger charge is 2.13. The first kappa shape index (κ1) is 14.3. The Hall–Kier alpha value is -1.66. The van der Waals surface area contributed by atoms with Crippen molar-refractivity contribution in [3.05, 3.63) is 66.6 Å². The highest BCUT2D eigenvalue weighted by atomic mass is 79.9. The fourth-order valence-corrected chi connectivity index (χ4v) is 3.67. The molecule has 4 nitrogen and oxygen atoms in total. The first-order valence-corrected chi connectivity index (χ1v) is 8.24. The van der Waals surface area contributed by atoms with Crippen molar-refractivity contribution >= 4 is 37.5 Å².